The summed E-state index contributed by atoms with van der Waals surface area (Å²) in [5, 5.41) is 5.83. The molecule has 0 saturated carbocycles. The Balaban J connectivity index is 1.97. The molecule has 0 fully saturated rings. The maximum atomic E-state index is 11.2. The molecule has 0 aliphatic carbocycles. The highest BCUT2D eigenvalue weighted by atomic mass is 16.5. The van der Waals surface area contributed by atoms with E-state index < -0.39 is 6.09 Å². The van der Waals surface area contributed by atoms with Gasteiger partial charge in [0, 0.05) is 17.9 Å². The Morgan fingerprint density at radius 2 is 1.63 bits per heavy atom. The first-order valence-corrected chi connectivity index (χ1v) is 6.16. The molecule has 0 aromatic heterocycles. The first-order chi connectivity index (χ1) is 9.28. The van der Waals surface area contributed by atoms with Crippen molar-refractivity contribution >= 4 is 17.5 Å². The Bertz CT molecular complexity index is 524. The van der Waals surface area contributed by atoms with Gasteiger partial charge in [0.05, 0.1) is 0 Å². The van der Waals surface area contributed by atoms with Gasteiger partial charge in [0.1, 0.15) is 5.75 Å². The third kappa shape index (κ3) is 4.03. The number of benzene rings is 2. The average molecular weight is 256 g/mol. The van der Waals surface area contributed by atoms with Crippen molar-refractivity contribution in [3.8, 4) is 5.75 Å². The Morgan fingerprint density at radius 3 is 2.26 bits per heavy atom. The van der Waals surface area contributed by atoms with Gasteiger partial charge in [-0.3, -0.25) is 0 Å². The Labute approximate surface area is 112 Å². The summed E-state index contributed by atoms with van der Waals surface area (Å²) in [5.41, 5.74) is 1.95. The lowest BCUT2D eigenvalue weighted by Crippen LogP contribution is -2.26. The molecule has 2 N–H and O–H groups in total. The number of anilines is 2. The minimum atomic E-state index is -0.439. The summed E-state index contributed by atoms with van der Waals surface area (Å²) in [7, 11) is 0. The highest BCUT2D eigenvalue weighted by Crippen LogP contribution is 2.19. The van der Waals surface area contributed by atoms with E-state index in [0.717, 1.165) is 11.4 Å². The zero-order valence-electron chi connectivity index (χ0n) is 10.7. The molecule has 19 heavy (non-hydrogen) atoms. The van der Waals surface area contributed by atoms with E-state index in [0.29, 0.717) is 12.3 Å². The van der Waals surface area contributed by atoms with Crippen LogP contribution in [0.1, 0.15) is 6.92 Å². The lowest BCUT2D eigenvalue weighted by molar-refractivity contribution is 0.201. The second-order valence-electron chi connectivity index (χ2n) is 3.94. The van der Waals surface area contributed by atoms with Gasteiger partial charge in [-0.25, -0.2) is 4.79 Å². The van der Waals surface area contributed by atoms with Gasteiger partial charge < -0.3 is 15.4 Å². The quantitative estimate of drug-likeness (QED) is 0.879. The van der Waals surface area contributed by atoms with E-state index in [9.17, 15) is 4.79 Å². The molecule has 4 heteroatoms. The number of nitrogens with one attached hydrogen (secondary N) is 2. The first kappa shape index (κ1) is 13.0. The van der Waals surface area contributed by atoms with Crippen LogP contribution in [0.2, 0.25) is 0 Å². The van der Waals surface area contributed by atoms with Gasteiger partial charge in [-0.15, -0.1) is 0 Å². The van der Waals surface area contributed by atoms with Crippen LogP contribution < -0.4 is 15.4 Å². The van der Waals surface area contributed by atoms with Crippen LogP contribution in [0.4, 0.5) is 16.2 Å². The van der Waals surface area contributed by atoms with E-state index in [-0.39, 0.29) is 0 Å². The molecule has 1 amide bonds. The summed E-state index contributed by atoms with van der Waals surface area (Å²) < 4.78 is 5.08. The summed E-state index contributed by atoms with van der Waals surface area (Å²) in [6.45, 7) is 2.39. The topological polar surface area (TPSA) is 50.4 Å². The molecule has 0 spiro atoms. The monoisotopic (exact) mass is 256 g/mol. The molecule has 0 aliphatic rings. The van der Waals surface area contributed by atoms with Gasteiger partial charge in [-0.2, -0.15) is 0 Å². The molecule has 2 aromatic carbocycles. The number of carbonyl (C=O) groups excluding carboxylic acids is 1. The van der Waals surface area contributed by atoms with Gasteiger partial charge in [0.2, 0.25) is 0 Å². The van der Waals surface area contributed by atoms with E-state index in [1.807, 2.05) is 49.4 Å². The standard InChI is InChI=1S/C15H16N2O2/c1-2-16-15(18)19-14-10-8-13(9-11-14)17-12-6-4-3-5-7-12/h3-11,17H,2H2,1H3,(H,16,18). The molecular formula is C15H16N2O2. The van der Waals surface area contributed by atoms with Crippen LogP contribution in [0.3, 0.4) is 0 Å². The van der Waals surface area contributed by atoms with E-state index >= 15 is 0 Å². The predicted octanol–water partition coefficient (Wildman–Crippen LogP) is 3.54. The Morgan fingerprint density at radius 1 is 1.00 bits per heavy atom. The number of amides is 1. The van der Waals surface area contributed by atoms with Crippen LogP contribution in [-0.4, -0.2) is 12.6 Å². The van der Waals surface area contributed by atoms with Crippen molar-refractivity contribution < 1.29 is 9.53 Å². The van der Waals surface area contributed by atoms with Crippen molar-refractivity contribution in [3.63, 3.8) is 0 Å². The van der Waals surface area contributed by atoms with E-state index in [1.54, 1.807) is 12.1 Å². The van der Waals surface area contributed by atoms with Crippen LogP contribution in [-0.2, 0) is 0 Å². The Kier molecular flexibility index (Phi) is 4.39. The molecule has 0 heterocycles. The van der Waals surface area contributed by atoms with Crippen molar-refractivity contribution in [2.75, 3.05) is 11.9 Å². The molecule has 98 valence electrons. The van der Waals surface area contributed by atoms with Gasteiger partial charge in [-0.05, 0) is 43.3 Å². The van der Waals surface area contributed by atoms with Crippen molar-refractivity contribution in [1.29, 1.82) is 0 Å². The van der Waals surface area contributed by atoms with Crippen LogP contribution in [0.5, 0.6) is 5.75 Å². The van der Waals surface area contributed by atoms with Crippen molar-refractivity contribution in [3.05, 3.63) is 54.6 Å². The van der Waals surface area contributed by atoms with Gasteiger partial charge >= 0.3 is 6.09 Å². The van der Waals surface area contributed by atoms with Crippen molar-refractivity contribution in [2.45, 2.75) is 6.92 Å². The fourth-order valence-electron chi connectivity index (χ4n) is 1.58. The lowest BCUT2D eigenvalue weighted by Gasteiger charge is -2.08. The number of para-hydroxylation sites is 1. The first-order valence-electron chi connectivity index (χ1n) is 6.16. The van der Waals surface area contributed by atoms with E-state index in [4.69, 9.17) is 4.74 Å². The molecule has 0 bridgehead atoms. The smallest absolute Gasteiger partial charge is 0.410 e. The molecule has 2 aromatic rings. The Hall–Kier alpha value is -2.49. The van der Waals surface area contributed by atoms with Crippen LogP contribution in [0, 0.1) is 0 Å². The second kappa shape index (κ2) is 6.44. The average Bonchev–Trinajstić information content (AvgIpc) is 2.42. The normalized spacial score (nSPS) is 9.74. The van der Waals surface area contributed by atoms with E-state index in [2.05, 4.69) is 10.6 Å². The fraction of sp³-hybridized carbons (Fsp3) is 0.133. The minimum Gasteiger partial charge on any atom is -0.410 e. The molecule has 0 radical (unpaired) electrons. The number of carbonyl (C=O) groups is 1. The zero-order valence-corrected chi connectivity index (χ0v) is 10.7. The number of ether oxygens (including phenoxy) is 1. The molecule has 2 rings (SSSR count). The number of hydrogen-bond acceptors (Lipinski definition) is 3. The maximum absolute atomic E-state index is 11.2. The van der Waals surface area contributed by atoms with Crippen LogP contribution in [0.15, 0.2) is 54.6 Å². The fourth-order valence-corrected chi connectivity index (χ4v) is 1.58. The van der Waals surface area contributed by atoms with Crippen molar-refractivity contribution in [1.82, 2.24) is 5.32 Å². The maximum Gasteiger partial charge on any atom is 0.412 e. The molecule has 0 saturated heterocycles. The summed E-state index contributed by atoms with van der Waals surface area (Å²) in [5.74, 6) is 0.518. The predicted molar refractivity (Wildman–Crippen MR) is 75.9 cm³/mol. The van der Waals surface area contributed by atoms with E-state index in [1.165, 1.54) is 0 Å². The highest BCUT2D eigenvalue weighted by molar-refractivity contribution is 5.70. The molecule has 0 atom stereocenters. The van der Waals surface area contributed by atoms with Gasteiger partial charge in [0.15, 0.2) is 0 Å². The summed E-state index contributed by atoms with van der Waals surface area (Å²) in [6.07, 6.45) is -0.439. The van der Waals surface area contributed by atoms with Crippen molar-refractivity contribution in [2.24, 2.45) is 0 Å². The molecular weight excluding hydrogens is 240 g/mol. The highest BCUT2D eigenvalue weighted by Gasteiger charge is 2.02. The minimum absolute atomic E-state index is 0.439. The van der Waals surface area contributed by atoms with Crippen LogP contribution in [0.25, 0.3) is 0 Å². The third-order valence-corrected chi connectivity index (χ3v) is 2.45. The molecule has 0 aliphatic heterocycles. The van der Waals surface area contributed by atoms with Gasteiger partial charge in [0.25, 0.3) is 0 Å². The lowest BCUT2D eigenvalue weighted by atomic mass is 10.2. The van der Waals surface area contributed by atoms with Crippen LogP contribution >= 0.6 is 0 Å². The zero-order chi connectivity index (χ0) is 13.5. The largest absolute Gasteiger partial charge is 0.412 e. The number of rotatable bonds is 4. The van der Waals surface area contributed by atoms with Gasteiger partial charge in [-0.1, -0.05) is 18.2 Å². The molecule has 4 nitrogen and oxygen atoms in total. The SMILES string of the molecule is CCNC(=O)Oc1ccc(Nc2ccccc2)cc1. The number of hydrogen-bond donors (Lipinski definition) is 2. The summed E-state index contributed by atoms with van der Waals surface area (Å²) in [4.78, 5) is 11.2. The molecule has 0 unspecified atom stereocenters. The summed E-state index contributed by atoms with van der Waals surface area (Å²) in [6, 6.07) is 17.1. The summed E-state index contributed by atoms with van der Waals surface area (Å²) >= 11 is 0. The second-order valence-corrected chi connectivity index (χ2v) is 3.94. The third-order valence-electron chi connectivity index (χ3n) is 2.45.